The molecule has 1 aliphatic heterocycles. The Morgan fingerprint density at radius 1 is 1.38 bits per heavy atom. The summed E-state index contributed by atoms with van der Waals surface area (Å²) in [6.45, 7) is 6.09. The summed E-state index contributed by atoms with van der Waals surface area (Å²) < 4.78 is 12.7. The number of ether oxygens (including phenoxy) is 2. The largest absolute Gasteiger partial charge is 0.493 e. The third-order valence-electron chi connectivity index (χ3n) is 4.76. The van der Waals surface area contributed by atoms with Crippen molar-refractivity contribution in [2.24, 2.45) is 0 Å². The fourth-order valence-electron chi connectivity index (χ4n) is 3.53. The van der Waals surface area contributed by atoms with Crippen molar-refractivity contribution in [3.63, 3.8) is 0 Å². The maximum Gasteiger partial charge on any atom is 0.244 e. The van der Waals surface area contributed by atoms with E-state index < -0.39 is 0 Å². The smallest absolute Gasteiger partial charge is 0.244 e. The summed E-state index contributed by atoms with van der Waals surface area (Å²) in [6.07, 6.45) is 1.60. The SMILES string of the molecule is COCCCN(C(=O)Cn1nc(C)cc1C)C1CCOc2ccccc21. The van der Waals surface area contributed by atoms with Crippen molar-refractivity contribution >= 4 is 5.91 Å². The third-order valence-corrected chi connectivity index (χ3v) is 4.76. The average Bonchev–Trinajstić information content (AvgIpc) is 2.95. The van der Waals surface area contributed by atoms with Crippen molar-refractivity contribution in [2.45, 2.75) is 39.3 Å². The summed E-state index contributed by atoms with van der Waals surface area (Å²) in [5, 5.41) is 4.44. The molecule has 0 saturated carbocycles. The standard InChI is InChI=1S/C20H27N3O3/c1-15-13-16(2)23(21-15)14-20(24)22(10-6-11-25-3)18-9-12-26-19-8-5-4-7-17(18)19/h4-5,7-8,13,18H,6,9-12,14H2,1-3H3. The number of methoxy groups -OCH3 is 1. The zero-order chi connectivity index (χ0) is 18.5. The molecule has 6 nitrogen and oxygen atoms in total. The lowest BCUT2D eigenvalue weighted by atomic mass is 9.98. The first-order valence-corrected chi connectivity index (χ1v) is 9.11. The first-order chi connectivity index (χ1) is 12.6. The molecule has 2 aromatic rings. The normalized spacial score (nSPS) is 16.0. The van der Waals surface area contributed by atoms with E-state index in [1.54, 1.807) is 11.8 Å². The van der Waals surface area contributed by atoms with E-state index in [1.165, 1.54) is 0 Å². The molecule has 140 valence electrons. The second-order valence-electron chi connectivity index (χ2n) is 6.71. The van der Waals surface area contributed by atoms with Gasteiger partial charge >= 0.3 is 0 Å². The van der Waals surface area contributed by atoms with E-state index in [9.17, 15) is 4.79 Å². The molecule has 0 saturated heterocycles. The van der Waals surface area contributed by atoms with Crippen LogP contribution in [-0.2, 0) is 16.1 Å². The number of amides is 1. The van der Waals surface area contributed by atoms with Crippen molar-refractivity contribution in [1.29, 1.82) is 0 Å². The monoisotopic (exact) mass is 357 g/mol. The van der Waals surface area contributed by atoms with Gasteiger partial charge < -0.3 is 14.4 Å². The number of carbonyl (C=O) groups is 1. The Morgan fingerprint density at radius 3 is 2.92 bits per heavy atom. The van der Waals surface area contributed by atoms with Gasteiger partial charge in [0.25, 0.3) is 0 Å². The molecule has 0 bridgehead atoms. The molecule has 0 spiro atoms. The second-order valence-corrected chi connectivity index (χ2v) is 6.71. The number of carbonyl (C=O) groups excluding carboxylic acids is 1. The summed E-state index contributed by atoms with van der Waals surface area (Å²) in [5.74, 6) is 0.952. The predicted molar refractivity (Wildman–Crippen MR) is 99.2 cm³/mol. The maximum atomic E-state index is 13.2. The minimum Gasteiger partial charge on any atom is -0.493 e. The van der Waals surface area contributed by atoms with Gasteiger partial charge in [-0.25, -0.2) is 0 Å². The molecule has 1 amide bonds. The van der Waals surface area contributed by atoms with Crippen LogP contribution in [0.25, 0.3) is 0 Å². The molecule has 1 aliphatic rings. The van der Waals surface area contributed by atoms with E-state index >= 15 is 0 Å². The fraction of sp³-hybridized carbons (Fsp3) is 0.500. The maximum absolute atomic E-state index is 13.2. The van der Waals surface area contributed by atoms with Gasteiger partial charge in [0, 0.05) is 37.9 Å². The highest BCUT2D eigenvalue weighted by Gasteiger charge is 2.30. The lowest BCUT2D eigenvalue weighted by molar-refractivity contribution is -0.135. The van der Waals surface area contributed by atoms with Gasteiger partial charge in [-0.15, -0.1) is 0 Å². The van der Waals surface area contributed by atoms with Gasteiger partial charge in [-0.3, -0.25) is 9.48 Å². The lowest BCUT2D eigenvalue weighted by Gasteiger charge is -2.36. The zero-order valence-electron chi connectivity index (χ0n) is 15.8. The van der Waals surface area contributed by atoms with Crippen molar-refractivity contribution in [2.75, 3.05) is 26.9 Å². The number of hydrogen-bond acceptors (Lipinski definition) is 4. The van der Waals surface area contributed by atoms with Gasteiger partial charge in [-0.2, -0.15) is 5.10 Å². The average molecular weight is 357 g/mol. The highest BCUT2D eigenvalue weighted by molar-refractivity contribution is 5.76. The number of para-hydroxylation sites is 1. The molecule has 6 heteroatoms. The summed E-state index contributed by atoms with van der Waals surface area (Å²) >= 11 is 0. The number of aryl methyl sites for hydroxylation is 2. The number of aromatic nitrogens is 2. The summed E-state index contributed by atoms with van der Waals surface area (Å²) in [4.78, 5) is 15.1. The molecule has 1 aromatic heterocycles. The summed E-state index contributed by atoms with van der Waals surface area (Å²) in [6, 6.07) is 10.0. The van der Waals surface area contributed by atoms with Gasteiger partial charge in [-0.1, -0.05) is 18.2 Å². The topological polar surface area (TPSA) is 56.6 Å². The molecule has 1 aromatic carbocycles. The van der Waals surface area contributed by atoms with Crippen molar-refractivity contribution in [3.05, 3.63) is 47.3 Å². The van der Waals surface area contributed by atoms with E-state index in [0.29, 0.717) is 19.8 Å². The Morgan fingerprint density at radius 2 is 2.19 bits per heavy atom. The zero-order valence-corrected chi connectivity index (χ0v) is 15.8. The van der Waals surface area contributed by atoms with Crippen LogP contribution >= 0.6 is 0 Å². The molecule has 0 aliphatic carbocycles. The Bertz CT molecular complexity index is 757. The summed E-state index contributed by atoms with van der Waals surface area (Å²) in [7, 11) is 1.69. The third kappa shape index (κ3) is 4.07. The van der Waals surface area contributed by atoms with Crippen molar-refractivity contribution in [1.82, 2.24) is 14.7 Å². The van der Waals surface area contributed by atoms with Gasteiger partial charge in [0.05, 0.1) is 18.3 Å². The first-order valence-electron chi connectivity index (χ1n) is 9.11. The van der Waals surface area contributed by atoms with Crippen LogP contribution in [0.15, 0.2) is 30.3 Å². The minimum atomic E-state index is 0.0290. The van der Waals surface area contributed by atoms with E-state index in [4.69, 9.17) is 9.47 Å². The molecule has 2 heterocycles. The van der Waals surface area contributed by atoms with Crippen molar-refractivity contribution in [3.8, 4) is 5.75 Å². The highest BCUT2D eigenvalue weighted by atomic mass is 16.5. The van der Waals surface area contributed by atoms with E-state index in [0.717, 1.165) is 35.5 Å². The summed E-state index contributed by atoms with van der Waals surface area (Å²) in [5.41, 5.74) is 3.01. The van der Waals surface area contributed by atoms with Crippen molar-refractivity contribution < 1.29 is 14.3 Å². The molecule has 1 atom stereocenters. The minimum absolute atomic E-state index is 0.0290. The predicted octanol–water partition coefficient (Wildman–Crippen LogP) is 2.89. The van der Waals surface area contributed by atoms with E-state index in [1.807, 2.05) is 43.0 Å². The van der Waals surface area contributed by atoms with Crippen LogP contribution in [0.1, 0.15) is 35.8 Å². The molecular formula is C20H27N3O3. The van der Waals surface area contributed by atoms with Gasteiger partial charge in [-0.05, 0) is 32.4 Å². The number of hydrogen-bond donors (Lipinski definition) is 0. The van der Waals surface area contributed by atoms with Crippen LogP contribution in [0.2, 0.25) is 0 Å². The lowest BCUT2D eigenvalue weighted by Crippen LogP contribution is -2.40. The van der Waals surface area contributed by atoms with Gasteiger partial charge in [0.15, 0.2) is 0 Å². The highest BCUT2D eigenvalue weighted by Crippen LogP contribution is 2.36. The van der Waals surface area contributed by atoms with Crippen LogP contribution < -0.4 is 4.74 Å². The van der Waals surface area contributed by atoms with Crippen LogP contribution in [0.3, 0.4) is 0 Å². The van der Waals surface area contributed by atoms with Gasteiger partial charge in [0.2, 0.25) is 5.91 Å². The Hall–Kier alpha value is -2.34. The Balaban J connectivity index is 1.83. The number of rotatable bonds is 7. The number of fused-ring (bicyclic) bond motifs is 1. The molecule has 0 N–H and O–H groups in total. The number of benzene rings is 1. The van der Waals surface area contributed by atoms with E-state index in [2.05, 4.69) is 11.2 Å². The van der Waals surface area contributed by atoms with Crippen LogP contribution in [0.4, 0.5) is 0 Å². The molecule has 3 rings (SSSR count). The molecule has 1 unspecified atom stereocenters. The Labute approximate surface area is 154 Å². The Kier molecular flexibility index (Phi) is 5.93. The van der Waals surface area contributed by atoms with Crippen LogP contribution in [0.5, 0.6) is 5.75 Å². The van der Waals surface area contributed by atoms with Crippen LogP contribution in [0, 0.1) is 13.8 Å². The quantitative estimate of drug-likeness (QED) is 0.715. The number of nitrogens with zero attached hydrogens (tertiary/aromatic N) is 3. The molecule has 26 heavy (non-hydrogen) atoms. The molecular weight excluding hydrogens is 330 g/mol. The van der Waals surface area contributed by atoms with E-state index in [-0.39, 0.29) is 18.5 Å². The second kappa shape index (κ2) is 8.36. The fourth-order valence-corrected chi connectivity index (χ4v) is 3.53. The van der Waals surface area contributed by atoms with Gasteiger partial charge in [0.1, 0.15) is 12.3 Å². The molecule has 0 radical (unpaired) electrons. The molecule has 0 fully saturated rings. The van der Waals surface area contributed by atoms with Crippen LogP contribution in [-0.4, -0.2) is 47.5 Å². The first kappa shape index (κ1) is 18.5.